The fourth-order valence-corrected chi connectivity index (χ4v) is 4.09. The van der Waals surface area contributed by atoms with Crippen LogP contribution in [0.3, 0.4) is 0 Å². The summed E-state index contributed by atoms with van der Waals surface area (Å²) >= 11 is 2.01. The van der Waals surface area contributed by atoms with Gasteiger partial charge < -0.3 is 0 Å². The van der Waals surface area contributed by atoms with Gasteiger partial charge in [-0.2, -0.15) is 0 Å². The molecule has 0 atom stereocenters. The van der Waals surface area contributed by atoms with E-state index in [0.717, 1.165) is 6.42 Å². The Kier molecular flexibility index (Phi) is 2.98. The summed E-state index contributed by atoms with van der Waals surface area (Å²) in [4.78, 5) is 7.71. The second-order valence-electron chi connectivity index (χ2n) is 4.59. The predicted octanol–water partition coefficient (Wildman–Crippen LogP) is 4.17. The van der Waals surface area contributed by atoms with Crippen LogP contribution in [0.1, 0.15) is 40.6 Å². The van der Waals surface area contributed by atoms with E-state index in [1.54, 1.807) is 10.4 Å². The van der Waals surface area contributed by atoms with Crippen molar-refractivity contribution in [1.29, 1.82) is 0 Å². The summed E-state index contributed by atoms with van der Waals surface area (Å²) in [5.74, 6) is 0. The first-order chi connectivity index (χ1) is 8.40. The summed E-state index contributed by atoms with van der Waals surface area (Å²) < 4.78 is 0. The Balaban J connectivity index is 2.19. The van der Waals surface area contributed by atoms with E-state index in [4.69, 9.17) is 0 Å². The molecule has 0 N–H and O–H groups in total. The van der Waals surface area contributed by atoms with E-state index < -0.39 is 0 Å². The number of hydrogen-bond donors (Lipinski definition) is 0. The van der Waals surface area contributed by atoms with E-state index in [2.05, 4.69) is 30.1 Å². The van der Waals surface area contributed by atoms with Gasteiger partial charge in [-0.1, -0.05) is 12.2 Å². The van der Waals surface area contributed by atoms with Crippen molar-refractivity contribution in [1.82, 2.24) is 0 Å². The van der Waals surface area contributed by atoms with Gasteiger partial charge >= 0.3 is 0 Å². The van der Waals surface area contributed by atoms with Crippen LogP contribution in [0.2, 0.25) is 0 Å². The van der Waals surface area contributed by atoms with Crippen molar-refractivity contribution in [2.75, 3.05) is 0 Å². The van der Waals surface area contributed by atoms with Gasteiger partial charge in [0.1, 0.15) is 0 Å². The molecule has 17 heavy (non-hydrogen) atoms. The zero-order chi connectivity index (χ0) is 11.7. The molecule has 0 saturated heterocycles. The standard InChI is InChI=1S/C15H17NS/c1-2-12-15-11-7-3-4-8-13(11)17-14(15)9-5-6-10-16-12/h2,5-6,10H,3-4,7-9H2,1H3/b6-5+,12-2-,16-10+. The Morgan fingerprint density at radius 1 is 1.24 bits per heavy atom. The summed E-state index contributed by atoms with van der Waals surface area (Å²) in [6.45, 7) is 2.09. The van der Waals surface area contributed by atoms with E-state index >= 15 is 0 Å². The normalized spacial score (nSPS) is 24.6. The summed E-state index contributed by atoms with van der Waals surface area (Å²) in [5, 5.41) is 0. The number of thiophene rings is 1. The highest BCUT2D eigenvalue weighted by molar-refractivity contribution is 7.12. The number of rotatable bonds is 0. The Labute approximate surface area is 107 Å². The van der Waals surface area contributed by atoms with Gasteiger partial charge in [0.05, 0.1) is 5.70 Å². The van der Waals surface area contributed by atoms with Gasteiger partial charge in [-0.3, -0.25) is 4.99 Å². The van der Waals surface area contributed by atoms with Crippen molar-refractivity contribution < 1.29 is 0 Å². The van der Waals surface area contributed by atoms with Gasteiger partial charge in [-0.15, -0.1) is 11.3 Å². The van der Waals surface area contributed by atoms with Gasteiger partial charge in [0, 0.05) is 28.0 Å². The second-order valence-corrected chi connectivity index (χ2v) is 5.78. The molecule has 0 bridgehead atoms. The maximum Gasteiger partial charge on any atom is 0.0673 e. The minimum absolute atomic E-state index is 1.07. The smallest absolute Gasteiger partial charge is 0.0673 e. The summed E-state index contributed by atoms with van der Waals surface area (Å²) in [7, 11) is 0. The predicted molar refractivity (Wildman–Crippen MR) is 75.9 cm³/mol. The fraction of sp³-hybridized carbons (Fsp3) is 0.400. The molecule has 88 valence electrons. The Morgan fingerprint density at radius 2 is 2.12 bits per heavy atom. The van der Waals surface area contributed by atoms with E-state index in [1.165, 1.54) is 41.8 Å². The first-order valence-corrected chi connectivity index (χ1v) is 7.21. The largest absolute Gasteiger partial charge is 0.257 e. The topological polar surface area (TPSA) is 12.4 Å². The molecular weight excluding hydrogens is 226 g/mol. The molecule has 0 spiro atoms. The number of fused-ring (bicyclic) bond motifs is 3. The van der Waals surface area contributed by atoms with E-state index in [-0.39, 0.29) is 0 Å². The van der Waals surface area contributed by atoms with Gasteiger partial charge in [0.25, 0.3) is 0 Å². The number of allylic oxidation sites excluding steroid dienone is 3. The van der Waals surface area contributed by atoms with Gasteiger partial charge in [0.2, 0.25) is 0 Å². The Morgan fingerprint density at radius 3 is 3.00 bits per heavy atom. The van der Waals surface area contributed by atoms with E-state index in [0.29, 0.717) is 0 Å². The molecule has 0 saturated carbocycles. The maximum atomic E-state index is 4.58. The minimum atomic E-state index is 1.07. The Bertz CT molecular complexity index is 517. The number of aryl methyl sites for hydroxylation is 1. The highest BCUT2D eigenvalue weighted by Gasteiger charge is 2.22. The lowest BCUT2D eigenvalue weighted by Gasteiger charge is -2.13. The Hall–Kier alpha value is -1.15. The molecule has 0 unspecified atom stereocenters. The van der Waals surface area contributed by atoms with Crippen LogP contribution in [0.4, 0.5) is 0 Å². The minimum Gasteiger partial charge on any atom is -0.257 e. The molecule has 1 nitrogen and oxygen atoms in total. The average molecular weight is 243 g/mol. The highest BCUT2D eigenvalue weighted by Crippen LogP contribution is 2.39. The molecule has 0 radical (unpaired) electrons. The van der Waals surface area contributed by atoms with Crippen molar-refractivity contribution in [3.63, 3.8) is 0 Å². The molecule has 1 aliphatic heterocycles. The quantitative estimate of drug-likeness (QED) is 0.648. The highest BCUT2D eigenvalue weighted by atomic mass is 32.1. The van der Waals surface area contributed by atoms with Crippen LogP contribution in [-0.4, -0.2) is 6.21 Å². The number of nitrogens with zero attached hydrogens (tertiary/aromatic N) is 1. The first-order valence-electron chi connectivity index (χ1n) is 6.39. The lowest BCUT2D eigenvalue weighted by atomic mass is 9.92. The molecule has 0 amide bonds. The van der Waals surface area contributed by atoms with Crippen LogP contribution in [0.15, 0.2) is 23.2 Å². The first kappa shape index (κ1) is 11.0. The van der Waals surface area contributed by atoms with Crippen LogP contribution < -0.4 is 0 Å². The monoisotopic (exact) mass is 243 g/mol. The number of hydrogen-bond acceptors (Lipinski definition) is 2. The molecule has 0 fully saturated rings. The maximum absolute atomic E-state index is 4.58. The molecule has 1 aromatic rings. The fourth-order valence-electron chi connectivity index (χ4n) is 2.71. The third-order valence-electron chi connectivity index (χ3n) is 3.51. The van der Waals surface area contributed by atoms with Crippen molar-refractivity contribution in [3.05, 3.63) is 39.1 Å². The molecule has 3 rings (SSSR count). The van der Waals surface area contributed by atoms with Gasteiger partial charge in [0.15, 0.2) is 0 Å². The molecule has 1 aliphatic carbocycles. The van der Waals surface area contributed by atoms with E-state index in [9.17, 15) is 0 Å². The van der Waals surface area contributed by atoms with Crippen LogP contribution in [0.5, 0.6) is 0 Å². The van der Waals surface area contributed by atoms with Crippen molar-refractivity contribution in [3.8, 4) is 0 Å². The van der Waals surface area contributed by atoms with Crippen LogP contribution in [0.25, 0.3) is 5.70 Å². The third-order valence-corrected chi connectivity index (χ3v) is 4.83. The molecule has 0 aromatic carbocycles. The lowest BCUT2D eigenvalue weighted by molar-refractivity contribution is 0.695. The summed E-state index contributed by atoms with van der Waals surface area (Å²) in [6.07, 6.45) is 14.6. The molecule has 2 heteroatoms. The van der Waals surface area contributed by atoms with E-state index in [1.807, 2.05) is 17.6 Å². The van der Waals surface area contributed by atoms with Crippen molar-refractivity contribution in [2.45, 2.75) is 39.0 Å². The van der Waals surface area contributed by atoms with Gasteiger partial charge in [-0.25, -0.2) is 0 Å². The molecular formula is C15H17NS. The molecule has 2 heterocycles. The van der Waals surface area contributed by atoms with Gasteiger partial charge in [-0.05, 0) is 44.2 Å². The second kappa shape index (κ2) is 4.61. The zero-order valence-electron chi connectivity index (χ0n) is 10.2. The summed E-state index contributed by atoms with van der Waals surface area (Å²) in [5.41, 5.74) is 4.22. The number of aliphatic imine (C=N–C) groups is 1. The SMILES string of the molecule is C\C=C1/N=C/C=C/Cc2sc3c(c21)CCCC3. The summed E-state index contributed by atoms with van der Waals surface area (Å²) in [6, 6.07) is 0. The lowest BCUT2D eigenvalue weighted by Crippen LogP contribution is -2.01. The van der Waals surface area contributed by atoms with Crippen molar-refractivity contribution in [2.24, 2.45) is 4.99 Å². The van der Waals surface area contributed by atoms with Crippen LogP contribution in [0, 0.1) is 0 Å². The molecule has 2 aliphatic rings. The van der Waals surface area contributed by atoms with Crippen molar-refractivity contribution >= 4 is 23.2 Å². The zero-order valence-corrected chi connectivity index (χ0v) is 11.0. The molecule has 1 aromatic heterocycles. The van der Waals surface area contributed by atoms with Crippen LogP contribution >= 0.6 is 11.3 Å². The average Bonchev–Trinajstić information content (AvgIpc) is 2.68. The third kappa shape index (κ3) is 1.91. The van der Waals surface area contributed by atoms with Crippen LogP contribution in [-0.2, 0) is 19.3 Å².